The number of benzene rings is 1. The van der Waals surface area contributed by atoms with Crippen molar-refractivity contribution in [3.63, 3.8) is 0 Å². The topological polar surface area (TPSA) is 54.6 Å². The minimum Gasteiger partial charge on any atom is -0.477 e. The van der Waals surface area contributed by atoms with E-state index in [4.69, 9.17) is 5.11 Å². The van der Waals surface area contributed by atoms with Gasteiger partial charge in [0.2, 0.25) is 0 Å². The highest BCUT2D eigenvalue weighted by Crippen LogP contribution is 2.28. The summed E-state index contributed by atoms with van der Waals surface area (Å²) in [5.74, 6) is -1.36. The van der Waals surface area contributed by atoms with Crippen molar-refractivity contribution in [1.82, 2.24) is 9.38 Å². The third-order valence-electron chi connectivity index (χ3n) is 2.57. The minimum absolute atomic E-state index is 0.198. The van der Waals surface area contributed by atoms with Gasteiger partial charge in [0.1, 0.15) is 10.7 Å². The van der Waals surface area contributed by atoms with Crippen LogP contribution in [0.5, 0.6) is 0 Å². The van der Waals surface area contributed by atoms with Crippen LogP contribution in [0.4, 0.5) is 4.39 Å². The molecule has 0 spiro atoms. The summed E-state index contributed by atoms with van der Waals surface area (Å²) in [6, 6.07) is 4.61. The SMILES string of the molecule is O=C(O)c1cn2cc(-c3cc(Br)ccc3F)nc2s1. The maximum Gasteiger partial charge on any atom is 0.347 e. The average Bonchev–Trinajstić information content (AvgIpc) is 2.89. The number of fused-ring (bicyclic) bond motifs is 1. The van der Waals surface area contributed by atoms with Gasteiger partial charge in [-0.3, -0.25) is 4.40 Å². The Morgan fingerprint density at radius 2 is 2.21 bits per heavy atom. The van der Waals surface area contributed by atoms with E-state index in [1.165, 1.54) is 12.3 Å². The number of carboxylic acid groups (broad SMARTS) is 1. The summed E-state index contributed by atoms with van der Waals surface area (Å²) >= 11 is 4.33. The molecule has 0 saturated heterocycles. The Morgan fingerprint density at radius 3 is 2.89 bits per heavy atom. The maximum absolute atomic E-state index is 13.7. The molecule has 0 unspecified atom stereocenters. The molecule has 0 aliphatic rings. The lowest BCUT2D eigenvalue weighted by Gasteiger charge is -1.99. The van der Waals surface area contributed by atoms with Crippen LogP contribution in [0, 0.1) is 5.82 Å². The Kier molecular flexibility index (Phi) is 2.87. The molecule has 0 bridgehead atoms. The van der Waals surface area contributed by atoms with Crippen LogP contribution >= 0.6 is 27.3 Å². The molecule has 2 heterocycles. The van der Waals surface area contributed by atoms with E-state index in [0.29, 0.717) is 16.2 Å². The monoisotopic (exact) mass is 340 g/mol. The fraction of sp³-hybridized carbons (Fsp3) is 0. The molecule has 7 heteroatoms. The lowest BCUT2D eigenvalue weighted by Crippen LogP contribution is -1.91. The van der Waals surface area contributed by atoms with E-state index in [1.54, 1.807) is 22.7 Å². The standard InChI is InChI=1S/C12H6BrFN2O2S/c13-6-1-2-8(14)7(3-6)9-4-16-5-10(11(17)18)19-12(16)15-9/h1-5H,(H,17,18). The number of hydrogen-bond donors (Lipinski definition) is 1. The zero-order chi connectivity index (χ0) is 13.6. The van der Waals surface area contributed by atoms with Crippen LogP contribution in [0.3, 0.4) is 0 Å². The number of imidazole rings is 1. The van der Waals surface area contributed by atoms with Crippen molar-refractivity contribution < 1.29 is 14.3 Å². The molecule has 0 saturated carbocycles. The fourth-order valence-electron chi connectivity index (χ4n) is 1.72. The largest absolute Gasteiger partial charge is 0.477 e. The van der Waals surface area contributed by atoms with Crippen molar-refractivity contribution in [2.24, 2.45) is 0 Å². The van der Waals surface area contributed by atoms with Crippen LogP contribution in [0.15, 0.2) is 35.1 Å². The number of rotatable bonds is 2. The highest BCUT2D eigenvalue weighted by atomic mass is 79.9. The van der Waals surface area contributed by atoms with E-state index in [2.05, 4.69) is 20.9 Å². The molecule has 0 aliphatic heterocycles. The quantitative estimate of drug-likeness (QED) is 0.774. The van der Waals surface area contributed by atoms with E-state index in [9.17, 15) is 9.18 Å². The van der Waals surface area contributed by atoms with Gasteiger partial charge in [-0.2, -0.15) is 0 Å². The van der Waals surface area contributed by atoms with E-state index in [1.807, 2.05) is 0 Å². The molecule has 3 aromatic rings. The van der Waals surface area contributed by atoms with Crippen LogP contribution in [-0.2, 0) is 0 Å². The zero-order valence-electron chi connectivity index (χ0n) is 9.30. The highest BCUT2D eigenvalue weighted by molar-refractivity contribution is 9.10. The van der Waals surface area contributed by atoms with Gasteiger partial charge < -0.3 is 5.11 Å². The van der Waals surface area contributed by atoms with Crippen molar-refractivity contribution in [1.29, 1.82) is 0 Å². The predicted molar refractivity (Wildman–Crippen MR) is 73.1 cm³/mol. The van der Waals surface area contributed by atoms with E-state index in [-0.39, 0.29) is 10.7 Å². The molecule has 96 valence electrons. The summed E-state index contributed by atoms with van der Waals surface area (Å²) in [7, 11) is 0. The lowest BCUT2D eigenvalue weighted by atomic mass is 10.1. The van der Waals surface area contributed by atoms with Gasteiger partial charge >= 0.3 is 5.97 Å². The number of hydrogen-bond acceptors (Lipinski definition) is 3. The van der Waals surface area contributed by atoms with Crippen LogP contribution in [0.2, 0.25) is 0 Å². The van der Waals surface area contributed by atoms with Gasteiger partial charge in [0.25, 0.3) is 0 Å². The van der Waals surface area contributed by atoms with Crippen molar-refractivity contribution in [2.45, 2.75) is 0 Å². The zero-order valence-corrected chi connectivity index (χ0v) is 11.7. The number of carboxylic acids is 1. The second-order valence-electron chi connectivity index (χ2n) is 3.84. The first kappa shape index (κ1) is 12.3. The van der Waals surface area contributed by atoms with Gasteiger partial charge in [-0.1, -0.05) is 27.3 Å². The molecule has 0 radical (unpaired) electrons. The molecule has 0 aliphatic carbocycles. The molecule has 3 rings (SSSR count). The van der Waals surface area contributed by atoms with Gasteiger partial charge in [-0.15, -0.1) is 0 Å². The molecule has 0 fully saturated rings. The first-order chi connectivity index (χ1) is 9.04. The Bertz CT molecular complexity index is 765. The normalized spacial score (nSPS) is 11.1. The summed E-state index contributed by atoms with van der Waals surface area (Å²) in [5, 5.41) is 8.87. The molecule has 4 nitrogen and oxygen atoms in total. The fourth-order valence-corrected chi connectivity index (χ4v) is 2.88. The molecule has 0 atom stereocenters. The van der Waals surface area contributed by atoms with Gasteiger partial charge in [0, 0.05) is 22.4 Å². The second kappa shape index (κ2) is 4.43. The first-order valence-electron chi connectivity index (χ1n) is 5.22. The summed E-state index contributed by atoms with van der Waals surface area (Å²) in [6.45, 7) is 0. The predicted octanol–water partition coefficient (Wildman–Crippen LogP) is 3.66. The minimum atomic E-state index is -0.995. The third kappa shape index (κ3) is 2.15. The number of halogens is 2. The summed E-state index contributed by atoms with van der Waals surface area (Å²) in [4.78, 5) is 15.8. The number of carbonyl (C=O) groups is 1. The Balaban J connectivity index is 2.13. The van der Waals surface area contributed by atoms with Crippen molar-refractivity contribution >= 4 is 38.2 Å². The van der Waals surface area contributed by atoms with Crippen molar-refractivity contribution in [3.8, 4) is 11.3 Å². The third-order valence-corrected chi connectivity index (χ3v) is 4.05. The average molecular weight is 341 g/mol. The van der Waals surface area contributed by atoms with E-state index >= 15 is 0 Å². The number of nitrogens with zero attached hydrogens (tertiary/aromatic N) is 2. The van der Waals surface area contributed by atoms with Gasteiger partial charge in [-0.05, 0) is 18.2 Å². The molecular formula is C12H6BrFN2O2S. The number of aromatic carboxylic acids is 1. The number of aromatic nitrogens is 2. The molecule has 1 aromatic carbocycles. The molecular weight excluding hydrogens is 335 g/mol. The van der Waals surface area contributed by atoms with Crippen LogP contribution in [0.25, 0.3) is 16.2 Å². The van der Waals surface area contributed by atoms with Crippen molar-refractivity contribution in [3.05, 3.63) is 45.8 Å². The molecule has 1 N–H and O–H groups in total. The molecule has 0 amide bonds. The van der Waals surface area contributed by atoms with Crippen LogP contribution in [-0.4, -0.2) is 20.5 Å². The Labute approximate surface area is 119 Å². The Morgan fingerprint density at radius 1 is 1.42 bits per heavy atom. The smallest absolute Gasteiger partial charge is 0.347 e. The van der Waals surface area contributed by atoms with Crippen LogP contribution in [0.1, 0.15) is 9.67 Å². The van der Waals surface area contributed by atoms with Gasteiger partial charge in [0.15, 0.2) is 4.96 Å². The van der Waals surface area contributed by atoms with Crippen molar-refractivity contribution in [2.75, 3.05) is 0 Å². The van der Waals surface area contributed by atoms with Gasteiger partial charge in [0.05, 0.1) is 5.69 Å². The number of thiazole rings is 1. The van der Waals surface area contributed by atoms with E-state index in [0.717, 1.165) is 15.8 Å². The highest BCUT2D eigenvalue weighted by Gasteiger charge is 2.14. The summed E-state index contributed by atoms with van der Waals surface area (Å²) in [6.07, 6.45) is 3.08. The first-order valence-corrected chi connectivity index (χ1v) is 6.83. The summed E-state index contributed by atoms with van der Waals surface area (Å²) in [5.41, 5.74) is 0.851. The molecule has 2 aromatic heterocycles. The van der Waals surface area contributed by atoms with Crippen LogP contribution < -0.4 is 0 Å². The molecule has 19 heavy (non-hydrogen) atoms. The maximum atomic E-state index is 13.7. The summed E-state index contributed by atoms with van der Waals surface area (Å²) < 4.78 is 16.1. The van der Waals surface area contributed by atoms with E-state index < -0.39 is 5.97 Å². The second-order valence-corrected chi connectivity index (χ2v) is 5.77. The Hall–Kier alpha value is -1.73. The van der Waals surface area contributed by atoms with Gasteiger partial charge in [-0.25, -0.2) is 14.2 Å². The lowest BCUT2D eigenvalue weighted by molar-refractivity contribution is 0.0702.